The van der Waals surface area contributed by atoms with E-state index >= 15 is 0 Å². The van der Waals surface area contributed by atoms with E-state index in [-0.39, 0.29) is 0 Å². The van der Waals surface area contributed by atoms with Gasteiger partial charge in [0.15, 0.2) is 0 Å². The molecule has 504 valence electrons. The molecule has 0 aromatic rings. The molecule has 0 aromatic heterocycles. The van der Waals surface area contributed by atoms with Gasteiger partial charge in [0.2, 0.25) is 0 Å². The smallest absolute Gasteiger partial charge is 0.282 e. The third kappa shape index (κ3) is 44.3. The molecule has 0 aromatic carbocycles. The van der Waals surface area contributed by atoms with Crippen molar-refractivity contribution in [1.29, 1.82) is 0 Å². The maximum Gasteiger partial charge on any atom is 0.282 e. The Labute approximate surface area is 546 Å². The normalized spacial score (nSPS) is 17.4. The van der Waals surface area contributed by atoms with Gasteiger partial charge in [0.1, 0.15) is 0 Å². The quantitative estimate of drug-likeness (QED) is 0.0329. The molecular weight excluding hydrogens is 1170 g/mol. The number of ether oxygens (including phenoxy) is 9. The number of rotatable bonds is 66. The van der Waals surface area contributed by atoms with E-state index in [4.69, 9.17) is 42.6 Å². The second-order valence-electron chi connectivity index (χ2n) is 24.2. The van der Waals surface area contributed by atoms with Crippen molar-refractivity contribution in [2.45, 2.75) is 313 Å². The summed E-state index contributed by atoms with van der Waals surface area (Å²) in [5, 5.41) is 0. The van der Waals surface area contributed by atoms with E-state index in [0.717, 1.165) is 74.0 Å². The topological polar surface area (TPSA) is 83.1 Å². The van der Waals surface area contributed by atoms with Crippen LogP contribution in [0.2, 0.25) is 0 Å². The van der Waals surface area contributed by atoms with Crippen LogP contribution in [-0.2, 0) is 42.6 Å². The lowest BCUT2D eigenvalue weighted by molar-refractivity contribution is -0.380. The van der Waals surface area contributed by atoms with Crippen LogP contribution in [0.1, 0.15) is 295 Å². The Morgan fingerprint density at radius 3 is 0.833 bits per heavy atom. The van der Waals surface area contributed by atoms with Gasteiger partial charge in [0, 0.05) is 113 Å². The first-order valence-electron chi connectivity index (χ1n) is 35.5. The van der Waals surface area contributed by atoms with Crippen molar-refractivity contribution in [2.75, 3.05) is 94.0 Å². The van der Waals surface area contributed by atoms with Crippen LogP contribution in [0.4, 0.5) is 0 Å². The molecule has 84 heavy (non-hydrogen) atoms. The summed E-state index contributed by atoms with van der Waals surface area (Å²) in [6.45, 7) is 31.1. The lowest BCUT2D eigenvalue weighted by atomic mass is 9.71. The Hall–Kier alpha value is 1.74. The lowest BCUT2D eigenvalue weighted by Crippen LogP contribution is -2.39. The van der Waals surface area contributed by atoms with Gasteiger partial charge in [-0.05, 0) is 168 Å². The lowest BCUT2D eigenvalue weighted by Gasteiger charge is -2.36. The molecule has 15 heteroatoms. The maximum atomic E-state index is 5.92. The van der Waals surface area contributed by atoms with Crippen molar-refractivity contribution >= 4 is 64.8 Å². The molecule has 9 nitrogen and oxygen atoms in total. The highest BCUT2D eigenvalue weighted by molar-refractivity contribution is 8.77. The second-order valence-corrected chi connectivity index (χ2v) is 32.1. The minimum atomic E-state index is -0.849. The third-order valence-corrected chi connectivity index (χ3v) is 24.7. The Morgan fingerprint density at radius 1 is 0.298 bits per heavy atom. The molecule has 0 aliphatic heterocycles. The fourth-order valence-electron chi connectivity index (χ4n) is 12.1. The van der Waals surface area contributed by atoms with Crippen LogP contribution < -0.4 is 0 Å². The van der Waals surface area contributed by atoms with E-state index in [2.05, 4.69) is 85.5 Å². The van der Waals surface area contributed by atoms with Crippen LogP contribution in [0.25, 0.3) is 0 Å². The predicted molar refractivity (Wildman–Crippen MR) is 378 cm³/mol. The van der Waals surface area contributed by atoms with Crippen molar-refractivity contribution < 1.29 is 42.6 Å². The van der Waals surface area contributed by atoms with Crippen molar-refractivity contribution in [3.63, 3.8) is 0 Å². The zero-order valence-electron chi connectivity index (χ0n) is 57.0. The zero-order chi connectivity index (χ0) is 61.5. The first-order valence-corrected chi connectivity index (χ1v) is 42.9. The van der Waals surface area contributed by atoms with Gasteiger partial charge in [0.05, 0.1) is 0 Å². The minimum Gasteiger partial charge on any atom is -0.328 e. The summed E-state index contributed by atoms with van der Waals surface area (Å²) in [7, 11) is 13.1. The van der Waals surface area contributed by atoms with E-state index in [1.54, 1.807) is 0 Å². The predicted octanol–water partition coefficient (Wildman–Crippen LogP) is 23.1. The first kappa shape index (κ1) is 83.8. The first-order chi connectivity index (χ1) is 41.0. The van der Waals surface area contributed by atoms with E-state index in [1.165, 1.54) is 208 Å². The Kier molecular flexibility index (Phi) is 58.4. The third-order valence-electron chi connectivity index (χ3n) is 16.6. The van der Waals surface area contributed by atoms with E-state index in [9.17, 15) is 0 Å². The van der Waals surface area contributed by atoms with E-state index < -0.39 is 17.9 Å². The average molecular weight is 1300 g/mol. The molecule has 6 atom stereocenters. The number of unbranched alkanes of at least 4 members (excludes halogenated alkanes) is 18. The van der Waals surface area contributed by atoms with Gasteiger partial charge >= 0.3 is 0 Å². The number of hydrogen-bond donors (Lipinski definition) is 0. The van der Waals surface area contributed by atoms with Gasteiger partial charge in [0.25, 0.3) is 17.9 Å². The highest BCUT2D eigenvalue weighted by Crippen LogP contribution is 2.43. The van der Waals surface area contributed by atoms with Gasteiger partial charge in [-0.1, -0.05) is 208 Å². The number of hydrogen-bond acceptors (Lipinski definition) is 15. The summed E-state index contributed by atoms with van der Waals surface area (Å²) in [5.41, 5.74) is 0. The van der Waals surface area contributed by atoms with E-state index in [1.807, 2.05) is 62.3 Å². The maximum absolute atomic E-state index is 5.92. The standard InChI is InChI=1S/C69H138O9S6/c1-13-70-67(71-14-2,72-15-3)51-40-34-28-22-25-31-37-43-61(10)58-82-79-54-48-64-46-47-65(49-55-80-83-59-62(11)44-38-32-26-23-29-35-41-52-68(73-16-4,74-17-5)75-18-6)66(57-64)50-56-81-84-60-63(12)45-39-33-27-24-30-36-42-53-69(76-19-7,77-20-8)78-21-9/h61-66H,13-60H2,1-12H3. The largest absolute Gasteiger partial charge is 0.328 e. The molecule has 1 aliphatic rings. The van der Waals surface area contributed by atoms with Crippen molar-refractivity contribution in [3.8, 4) is 0 Å². The zero-order valence-corrected chi connectivity index (χ0v) is 61.9. The molecule has 6 unspecified atom stereocenters. The molecule has 0 heterocycles. The second kappa shape index (κ2) is 58.6. The highest BCUT2D eigenvalue weighted by Gasteiger charge is 2.34. The van der Waals surface area contributed by atoms with Crippen molar-refractivity contribution in [2.24, 2.45) is 35.5 Å². The average Bonchev–Trinajstić information content (AvgIpc) is 3.68. The van der Waals surface area contributed by atoms with Gasteiger partial charge in [-0.2, -0.15) is 0 Å². The summed E-state index contributed by atoms with van der Waals surface area (Å²) in [6.07, 6.45) is 42.3. The van der Waals surface area contributed by atoms with E-state index in [0.29, 0.717) is 59.5 Å². The molecule has 1 rings (SSSR count). The minimum absolute atomic E-state index is 0.609. The van der Waals surface area contributed by atoms with Crippen molar-refractivity contribution in [3.05, 3.63) is 0 Å². The Balaban J connectivity index is 2.45. The molecule has 1 aliphatic carbocycles. The van der Waals surface area contributed by atoms with Crippen LogP contribution in [0.5, 0.6) is 0 Å². The molecule has 0 radical (unpaired) electrons. The van der Waals surface area contributed by atoms with Crippen LogP contribution >= 0.6 is 64.8 Å². The van der Waals surface area contributed by atoms with Crippen LogP contribution in [0.15, 0.2) is 0 Å². The Morgan fingerprint density at radius 2 is 0.548 bits per heavy atom. The summed E-state index contributed by atoms with van der Waals surface area (Å²) in [4.78, 5) is 0. The summed E-state index contributed by atoms with van der Waals surface area (Å²) in [6, 6.07) is 0. The van der Waals surface area contributed by atoms with Gasteiger partial charge in [-0.3, -0.25) is 0 Å². The van der Waals surface area contributed by atoms with Crippen LogP contribution in [-0.4, -0.2) is 112 Å². The molecule has 1 fully saturated rings. The summed E-state index contributed by atoms with van der Waals surface area (Å²) < 4.78 is 53.3. The van der Waals surface area contributed by atoms with Gasteiger partial charge in [-0.25, -0.2) is 0 Å². The van der Waals surface area contributed by atoms with Crippen LogP contribution in [0, 0.1) is 35.5 Å². The van der Waals surface area contributed by atoms with Crippen molar-refractivity contribution in [1.82, 2.24) is 0 Å². The SMILES string of the molecule is CCOC(CCCCCCCCCC(C)CSSCCC1CCC(CCSSCC(C)CCCCCCCCCC(OCC)(OCC)OCC)C(CCSSCC(C)CCCCCCCCCC(OCC)(OCC)OCC)C1)(OCC)OCC. The summed E-state index contributed by atoms with van der Waals surface area (Å²) in [5.74, 6) is 10.5. The van der Waals surface area contributed by atoms with Gasteiger partial charge < -0.3 is 42.6 Å². The summed E-state index contributed by atoms with van der Waals surface area (Å²) >= 11 is 0. The molecule has 0 amide bonds. The molecular formula is C69H138O9S6. The fraction of sp³-hybridized carbons (Fsp3) is 1.00. The van der Waals surface area contributed by atoms with Crippen LogP contribution in [0.3, 0.4) is 0 Å². The monoisotopic (exact) mass is 1300 g/mol. The molecule has 0 bridgehead atoms. The Bertz CT molecular complexity index is 1330. The highest BCUT2D eigenvalue weighted by atomic mass is 33.1. The molecule has 0 saturated heterocycles. The van der Waals surface area contributed by atoms with Gasteiger partial charge in [-0.15, -0.1) is 0 Å². The molecule has 0 N–H and O–H groups in total. The fourth-order valence-corrected chi connectivity index (χ4v) is 20.1. The molecule has 1 saturated carbocycles. The molecule has 0 spiro atoms.